The standard InChI is InChI=1S/C27H52FN7O14/c28-8(4-30)15(37)24(43)35-14-17(39)12(33)22(48-25-9(32)2-1-7(3-29)44-25)23(19(14)41)49-27-20(42)21(11(6-36)46-27)47-26-13(34)18(40)16(38)10(5-31)45-26/h7-23,25-27,36-42H,1-6,29-34H2,(H,35,43)/t7-,8?,9+,10-,11+,12-,13+,14+,15?,16+,17-,18+,19-,20+,21+,22+,23+,25+,26+,27-/m0/s1. The molecule has 3 aliphatic heterocycles. The Morgan fingerprint density at radius 1 is 0.755 bits per heavy atom. The molecular formula is C27H52FN7O14. The highest BCUT2D eigenvalue weighted by Gasteiger charge is 2.56. The molecule has 4 aliphatic rings. The summed E-state index contributed by atoms with van der Waals surface area (Å²) in [5, 5.41) is 76.7. The third-order valence-corrected chi connectivity index (χ3v) is 9.40. The molecule has 3 heterocycles. The van der Waals surface area contributed by atoms with E-state index in [0.717, 1.165) is 0 Å². The number of aliphatic hydroxyl groups is 7. The van der Waals surface area contributed by atoms with Gasteiger partial charge in [0.15, 0.2) is 25.0 Å². The Morgan fingerprint density at radius 2 is 1.39 bits per heavy atom. The molecule has 1 amide bonds. The average molecular weight is 718 g/mol. The number of alkyl halides is 1. The number of halogens is 1. The van der Waals surface area contributed by atoms with Gasteiger partial charge in [0.05, 0.1) is 43.0 Å². The van der Waals surface area contributed by atoms with Crippen molar-refractivity contribution in [3.8, 4) is 0 Å². The lowest BCUT2D eigenvalue weighted by molar-refractivity contribution is -0.296. The van der Waals surface area contributed by atoms with Crippen LogP contribution in [0.4, 0.5) is 4.39 Å². The second-order valence-corrected chi connectivity index (χ2v) is 12.7. The van der Waals surface area contributed by atoms with Crippen LogP contribution in [-0.4, -0.2) is 190 Å². The molecule has 21 nitrogen and oxygen atoms in total. The van der Waals surface area contributed by atoms with Crippen LogP contribution < -0.4 is 39.7 Å². The first-order valence-corrected chi connectivity index (χ1v) is 16.1. The SMILES string of the molecule is NCC(F)C(O)C(=O)N[C@@H]1[C@@H](O)[C@H](N)[C@@H](O[C@H]2O[C@H](CN)CC[C@H]2N)[C@H](O[C@@H]2O[C@H](CO)[C@@H](O[C@H]3O[C@@H](CN)[C@@H](O)[C@H](O)[C@H]3N)[C@H]2O)[C@H]1O. The van der Waals surface area contributed by atoms with E-state index in [-0.39, 0.29) is 13.1 Å². The molecule has 49 heavy (non-hydrogen) atoms. The molecule has 22 heteroatoms. The van der Waals surface area contributed by atoms with E-state index in [1.807, 2.05) is 0 Å². The number of ether oxygens (including phenoxy) is 6. The average Bonchev–Trinajstić information content (AvgIpc) is 3.40. The Hall–Kier alpha value is -1.36. The molecule has 0 bridgehead atoms. The summed E-state index contributed by atoms with van der Waals surface area (Å²) < 4.78 is 49.0. The lowest BCUT2D eigenvalue weighted by Gasteiger charge is -2.48. The largest absolute Gasteiger partial charge is 0.394 e. The van der Waals surface area contributed by atoms with E-state index < -0.39 is 142 Å². The Kier molecular flexibility index (Phi) is 14.4. The van der Waals surface area contributed by atoms with Crippen molar-refractivity contribution in [2.75, 3.05) is 26.2 Å². The number of nitrogens with two attached hydrogens (primary N) is 6. The molecule has 0 spiro atoms. The van der Waals surface area contributed by atoms with Crippen LogP contribution in [0.2, 0.25) is 0 Å². The van der Waals surface area contributed by atoms with Gasteiger partial charge in [-0.3, -0.25) is 4.79 Å². The Bertz CT molecular complexity index is 1060. The number of carbonyl (C=O) groups excluding carboxylic acids is 1. The number of hydrogen-bond acceptors (Lipinski definition) is 20. The van der Waals surface area contributed by atoms with Gasteiger partial charge >= 0.3 is 0 Å². The van der Waals surface area contributed by atoms with Crippen LogP contribution in [0.1, 0.15) is 12.8 Å². The van der Waals surface area contributed by atoms with Crippen LogP contribution in [0.15, 0.2) is 0 Å². The van der Waals surface area contributed by atoms with Crippen LogP contribution in [0, 0.1) is 0 Å². The van der Waals surface area contributed by atoms with Gasteiger partial charge in [0, 0.05) is 19.6 Å². The van der Waals surface area contributed by atoms with Gasteiger partial charge in [-0.2, -0.15) is 0 Å². The van der Waals surface area contributed by atoms with E-state index in [9.17, 15) is 44.9 Å². The minimum atomic E-state index is -2.26. The number of hydrogen-bond donors (Lipinski definition) is 14. The van der Waals surface area contributed by atoms with E-state index in [2.05, 4.69) is 5.32 Å². The smallest absolute Gasteiger partial charge is 0.252 e. The summed E-state index contributed by atoms with van der Waals surface area (Å²) >= 11 is 0. The van der Waals surface area contributed by atoms with Crippen molar-refractivity contribution >= 4 is 5.91 Å². The summed E-state index contributed by atoms with van der Waals surface area (Å²) in [7, 11) is 0. The predicted molar refractivity (Wildman–Crippen MR) is 161 cm³/mol. The van der Waals surface area contributed by atoms with E-state index in [4.69, 9.17) is 62.8 Å². The quantitative estimate of drug-likeness (QED) is 0.0840. The zero-order valence-corrected chi connectivity index (χ0v) is 26.6. The Balaban J connectivity index is 1.58. The summed E-state index contributed by atoms with van der Waals surface area (Å²) in [6.07, 6.45) is -23.6. The Morgan fingerprint density at radius 3 is 2.00 bits per heavy atom. The van der Waals surface area contributed by atoms with Crippen molar-refractivity contribution in [2.45, 2.75) is 135 Å². The number of rotatable bonds is 13. The first kappa shape index (κ1) is 40.4. The van der Waals surface area contributed by atoms with Crippen LogP contribution in [0.5, 0.6) is 0 Å². The maximum absolute atomic E-state index is 14.0. The molecule has 1 aliphatic carbocycles. The van der Waals surface area contributed by atoms with E-state index in [0.29, 0.717) is 12.8 Å². The summed E-state index contributed by atoms with van der Waals surface area (Å²) in [6, 6.07) is -5.19. The van der Waals surface area contributed by atoms with E-state index in [1.165, 1.54) is 0 Å². The summed E-state index contributed by atoms with van der Waals surface area (Å²) in [4.78, 5) is 12.6. The van der Waals surface area contributed by atoms with Gasteiger partial charge in [0.2, 0.25) is 0 Å². The van der Waals surface area contributed by atoms with E-state index in [1.54, 1.807) is 0 Å². The molecule has 1 saturated carbocycles. The highest BCUT2D eigenvalue weighted by molar-refractivity contribution is 5.81. The van der Waals surface area contributed by atoms with Crippen LogP contribution >= 0.6 is 0 Å². The fourth-order valence-electron chi connectivity index (χ4n) is 6.34. The first-order chi connectivity index (χ1) is 23.2. The molecule has 20 atom stereocenters. The molecule has 0 aromatic heterocycles. The minimum absolute atomic E-state index is 0.131. The van der Waals surface area contributed by atoms with Crippen molar-refractivity contribution in [1.29, 1.82) is 0 Å². The molecule has 0 radical (unpaired) electrons. The van der Waals surface area contributed by atoms with Crippen LogP contribution in [0.25, 0.3) is 0 Å². The van der Waals surface area contributed by atoms with Gasteiger partial charge in [-0.1, -0.05) is 0 Å². The lowest BCUT2D eigenvalue weighted by atomic mass is 9.81. The molecule has 20 N–H and O–H groups in total. The normalized spacial score (nSPS) is 47.5. The minimum Gasteiger partial charge on any atom is -0.394 e. The lowest BCUT2D eigenvalue weighted by Crippen LogP contribution is -2.73. The number of nitrogens with one attached hydrogen (secondary N) is 1. The first-order valence-electron chi connectivity index (χ1n) is 16.1. The molecule has 0 aromatic rings. The van der Waals surface area contributed by atoms with Gasteiger partial charge in [0.1, 0.15) is 61.1 Å². The fraction of sp³-hybridized carbons (Fsp3) is 0.963. The van der Waals surface area contributed by atoms with E-state index >= 15 is 0 Å². The second kappa shape index (κ2) is 17.4. The van der Waals surface area contributed by atoms with Gasteiger partial charge in [-0.05, 0) is 12.8 Å². The van der Waals surface area contributed by atoms with Crippen molar-refractivity contribution in [2.24, 2.45) is 34.4 Å². The second-order valence-electron chi connectivity index (χ2n) is 12.7. The zero-order valence-electron chi connectivity index (χ0n) is 26.6. The van der Waals surface area contributed by atoms with Crippen molar-refractivity contribution in [1.82, 2.24) is 5.32 Å². The number of carbonyl (C=O) groups is 1. The summed E-state index contributed by atoms with van der Waals surface area (Å²) in [5.74, 6) is -1.33. The molecular weight excluding hydrogens is 665 g/mol. The van der Waals surface area contributed by atoms with Gasteiger partial charge in [-0.15, -0.1) is 0 Å². The molecule has 286 valence electrons. The van der Waals surface area contributed by atoms with Gasteiger partial charge in [-0.25, -0.2) is 4.39 Å². The molecule has 4 rings (SSSR count). The van der Waals surface area contributed by atoms with Crippen LogP contribution in [-0.2, 0) is 33.2 Å². The third-order valence-electron chi connectivity index (χ3n) is 9.40. The number of aliphatic hydroxyl groups excluding tert-OH is 7. The fourth-order valence-corrected chi connectivity index (χ4v) is 6.34. The van der Waals surface area contributed by atoms with Crippen LogP contribution in [0.3, 0.4) is 0 Å². The molecule has 4 fully saturated rings. The highest BCUT2D eigenvalue weighted by atomic mass is 19.1. The summed E-state index contributed by atoms with van der Waals surface area (Å²) in [6.45, 7) is -1.53. The maximum atomic E-state index is 14.0. The van der Waals surface area contributed by atoms with Gasteiger partial charge in [0.25, 0.3) is 5.91 Å². The zero-order chi connectivity index (χ0) is 36.3. The maximum Gasteiger partial charge on any atom is 0.252 e. The third kappa shape index (κ3) is 8.65. The Labute approximate surface area is 280 Å². The topological polar surface area (TPSA) is 382 Å². The monoisotopic (exact) mass is 717 g/mol. The van der Waals surface area contributed by atoms with Gasteiger partial charge < -0.3 is 104 Å². The highest BCUT2D eigenvalue weighted by Crippen LogP contribution is 2.34. The van der Waals surface area contributed by atoms with Crippen molar-refractivity contribution < 1.29 is 73.4 Å². The number of amides is 1. The van der Waals surface area contributed by atoms with Crippen molar-refractivity contribution in [3.63, 3.8) is 0 Å². The van der Waals surface area contributed by atoms with Crippen molar-refractivity contribution in [3.05, 3.63) is 0 Å². The molecule has 0 aromatic carbocycles. The molecule has 2 unspecified atom stereocenters. The predicted octanol–water partition coefficient (Wildman–Crippen LogP) is -9.05. The summed E-state index contributed by atoms with van der Waals surface area (Å²) in [5.41, 5.74) is 35.2. The molecule has 3 saturated heterocycles.